The van der Waals surface area contributed by atoms with Crippen LogP contribution in [0.3, 0.4) is 0 Å². The number of aromatic nitrogens is 4. The van der Waals surface area contributed by atoms with Crippen LogP contribution in [0.15, 0.2) is 11.1 Å². The van der Waals surface area contributed by atoms with Crippen molar-refractivity contribution in [3.05, 3.63) is 22.4 Å². The van der Waals surface area contributed by atoms with Gasteiger partial charge in [0.15, 0.2) is 11.3 Å². The Hall–Kier alpha value is -2.16. The van der Waals surface area contributed by atoms with E-state index >= 15 is 0 Å². The van der Waals surface area contributed by atoms with Crippen molar-refractivity contribution in [3.8, 4) is 6.07 Å². The number of nitrogens with zero attached hydrogens (tertiary/aromatic N) is 3. The molecule has 2 aromatic heterocycles. The molecule has 0 aliphatic heterocycles. The number of nitriles is 1. The lowest BCUT2D eigenvalue weighted by molar-refractivity contribution is 1.07. The lowest BCUT2D eigenvalue weighted by Gasteiger charge is -1.83. The molecule has 2 heterocycles. The number of rotatable bonds is 0. The summed E-state index contributed by atoms with van der Waals surface area (Å²) in [6.45, 7) is 0. The summed E-state index contributed by atoms with van der Waals surface area (Å²) in [5.74, 6) is 0. The average Bonchev–Trinajstić information content (AvgIpc) is 2.49. The van der Waals surface area contributed by atoms with Crippen molar-refractivity contribution >= 4 is 11.0 Å². The van der Waals surface area contributed by atoms with E-state index < -0.39 is 0 Å². The molecule has 12 heavy (non-hydrogen) atoms. The second-order valence-electron chi connectivity index (χ2n) is 2.14. The van der Waals surface area contributed by atoms with E-state index in [2.05, 4.69) is 20.2 Å². The van der Waals surface area contributed by atoms with Gasteiger partial charge in [-0.25, -0.2) is 4.98 Å². The number of aromatic amines is 2. The van der Waals surface area contributed by atoms with E-state index in [1.54, 1.807) is 6.07 Å². The van der Waals surface area contributed by atoms with Crippen molar-refractivity contribution in [1.29, 1.82) is 5.26 Å². The Balaban J connectivity index is 3.05. The van der Waals surface area contributed by atoms with Crippen LogP contribution in [0.5, 0.6) is 0 Å². The Kier molecular flexibility index (Phi) is 1.18. The van der Waals surface area contributed by atoms with Crippen LogP contribution in [-0.4, -0.2) is 20.2 Å². The largest absolute Gasteiger partial charge is 0.312 e. The lowest BCUT2D eigenvalue weighted by Crippen LogP contribution is -2.05. The normalized spacial score (nSPS) is 9.92. The molecule has 0 aliphatic rings. The summed E-state index contributed by atoms with van der Waals surface area (Å²) in [4.78, 5) is 17.3. The van der Waals surface area contributed by atoms with E-state index in [0.29, 0.717) is 5.65 Å². The SMILES string of the molecule is N#Cc1n[nH]c2nc[nH]c(=O)c12. The van der Waals surface area contributed by atoms with Gasteiger partial charge in [0.1, 0.15) is 11.5 Å². The van der Waals surface area contributed by atoms with Crippen molar-refractivity contribution in [2.45, 2.75) is 0 Å². The minimum Gasteiger partial charge on any atom is -0.312 e. The van der Waals surface area contributed by atoms with E-state index in [9.17, 15) is 4.79 Å². The molecule has 6 heteroatoms. The summed E-state index contributed by atoms with van der Waals surface area (Å²) in [5.41, 5.74) is 0.0416. The van der Waals surface area contributed by atoms with Crippen LogP contribution in [-0.2, 0) is 0 Å². The molecule has 0 amide bonds. The molecule has 0 bridgehead atoms. The van der Waals surface area contributed by atoms with Gasteiger partial charge in [0.2, 0.25) is 0 Å². The highest BCUT2D eigenvalue weighted by atomic mass is 16.1. The van der Waals surface area contributed by atoms with Gasteiger partial charge in [-0.1, -0.05) is 0 Å². The molecular formula is C6H3N5O. The quantitative estimate of drug-likeness (QED) is 0.545. The van der Waals surface area contributed by atoms with Gasteiger partial charge < -0.3 is 4.98 Å². The van der Waals surface area contributed by atoms with Crippen molar-refractivity contribution in [2.24, 2.45) is 0 Å². The fourth-order valence-electron chi connectivity index (χ4n) is 0.950. The Morgan fingerprint density at radius 2 is 2.42 bits per heavy atom. The third-order valence-electron chi connectivity index (χ3n) is 1.47. The lowest BCUT2D eigenvalue weighted by atomic mass is 10.3. The maximum atomic E-state index is 11.1. The summed E-state index contributed by atoms with van der Waals surface area (Å²) < 4.78 is 0. The van der Waals surface area contributed by atoms with E-state index in [0.717, 1.165) is 0 Å². The summed E-state index contributed by atoms with van der Waals surface area (Å²) in [5, 5.41) is 14.8. The highest BCUT2D eigenvalue weighted by Gasteiger charge is 2.08. The first-order valence-electron chi connectivity index (χ1n) is 3.15. The summed E-state index contributed by atoms with van der Waals surface area (Å²) in [7, 11) is 0. The van der Waals surface area contributed by atoms with Crippen molar-refractivity contribution in [1.82, 2.24) is 20.2 Å². The minimum atomic E-state index is -0.356. The van der Waals surface area contributed by atoms with Crippen molar-refractivity contribution in [2.75, 3.05) is 0 Å². The van der Waals surface area contributed by atoms with Gasteiger partial charge >= 0.3 is 0 Å². The number of hydrogen-bond acceptors (Lipinski definition) is 4. The summed E-state index contributed by atoms with van der Waals surface area (Å²) in [6, 6.07) is 1.79. The molecule has 58 valence electrons. The van der Waals surface area contributed by atoms with Gasteiger partial charge in [-0.2, -0.15) is 10.4 Å². The Morgan fingerprint density at radius 3 is 3.17 bits per heavy atom. The zero-order chi connectivity index (χ0) is 8.55. The molecule has 0 unspecified atom stereocenters. The van der Waals surface area contributed by atoms with Crippen molar-refractivity contribution < 1.29 is 0 Å². The topological polar surface area (TPSA) is 98.2 Å². The smallest absolute Gasteiger partial charge is 0.263 e. The highest BCUT2D eigenvalue weighted by molar-refractivity contribution is 5.78. The van der Waals surface area contributed by atoms with Crippen molar-refractivity contribution in [3.63, 3.8) is 0 Å². The van der Waals surface area contributed by atoms with Crippen LogP contribution in [0.4, 0.5) is 0 Å². The van der Waals surface area contributed by atoms with E-state index in [1.807, 2.05) is 0 Å². The standard InChI is InChI=1S/C6H3N5O/c7-1-3-4-5(11-10-3)8-2-9-6(4)12/h2H,(H2,8,9,10,11,12). The number of H-pyrrole nitrogens is 2. The van der Waals surface area contributed by atoms with E-state index in [-0.39, 0.29) is 16.6 Å². The number of fused-ring (bicyclic) bond motifs is 1. The molecule has 2 aromatic rings. The van der Waals surface area contributed by atoms with E-state index in [4.69, 9.17) is 5.26 Å². The molecule has 0 aromatic carbocycles. The number of hydrogen-bond donors (Lipinski definition) is 2. The minimum absolute atomic E-state index is 0.0688. The van der Waals surface area contributed by atoms with Crippen LogP contribution in [0, 0.1) is 11.3 Å². The van der Waals surface area contributed by atoms with Gasteiger partial charge in [0.05, 0.1) is 6.33 Å². The Bertz CT molecular complexity index is 516. The molecule has 0 saturated heterocycles. The van der Waals surface area contributed by atoms with E-state index in [1.165, 1.54) is 6.33 Å². The van der Waals surface area contributed by atoms with Crippen LogP contribution < -0.4 is 5.56 Å². The summed E-state index contributed by atoms with van der Waals surface area (Å²) in [6.07, 6.45) is 1.25. The second-order valence-corrected chi connectivity index (χ2v) is 2.14. The first-order valence-corrected chi connectivity index (χ1v) is 3.15. The predicted molar refractivity (Wildman–Crippen MR) is 39.2 cm³/mol. The van der Waals surface area contributed by atoms with Gasteiger partial charge in [-0.15, -0.1) is 0 Å². The molecule has 0 atom stereocenters. The second kappa shape index (κ2) is 2.17. The zero-order valence-corrected chi connectivity index (χ0v) is 5.83. The highest BCUT2D eigenvalue weighted by Crippen LogP contribution is 2.04. The van der Waals surface area contributed by atoms with Crippen LogP contribution in [0.25, 0.3) is 11.0 Å². The fraction of sp³-hybridized carbons (Fsp3) is 0. The molecule has 2 N–H and O–H groups in total. The third-order valence-corrected chi connectivity index (χ3v) is 1.47. The molecule has 0 saturated carbocycles. The maximum Gasteiger partial charge on any atom is 0.263 e. The van der Waals surface area contributed by atoms with Gasteiger partial charge in [-0.3, -0.25) is 9.89 Å². The average molecular weight is 161 g/mol. The monoisotopic (exact) mass is 161 g/mol. The molecule has 0 radical (unpaired) electrons. The number of nitrogens with one attached hydrogen (secondary N) is 2. The first kappa shape index (κ1) is 6.54. The molecule has 2 rings (SSSR count). The molecule has 6 nitrogen and oxygen atoms in total. The predicted octanol–water partition coefficient (Wildman–Crippen LogP) is -0.482. The van der Waals surface area contributed by atoms with Gasteiger partial charge in [-0.05, 0) is 0 Å². The first-order chi connectivity index (χ1) is 5.83. The Morgan fingerprint density at radius 1 is 1.58 bits per heavy atom. The third kappa shape index (κ3) is 0.703. The molecule has 0 fully saturated rings. The van der Waals surface area contributed by atoms with Crippen LogP contribution in [0.1, 0.15) is 5.69 Å². The Labute approximate surface area is 65.9 Å². The molecule has 0 spiro atoms. The van der Waals surface area contributed by atoms with Crippen LogP contribution >= 0.6 is 0 Å². The zero-order valence-electron chi connectivity index (χ0n) is 5.83. The van der Waals surface area contributed by atoms with Gasteiger partial charge in [0.25, 0.3) is 5.56 Å². The fourth-order valence-corrected chi connectivity index (χ4v) is 0.950. The summed E-state index contributed by atoms with van der Waals surface area (Å²) >= 11 is 0. The molecule has 0 aliphatic carbocycles. The molecular weight excluding hydrogens is 158 g/mol. The van der Waals surface area contributed by atoms with Crippen LogP contribution in [0.2, 0.25) is 0 Å². The van der Waals surface area contributed by atoms with Gasteiger partial charge in [0, 0.05) is 0 Å². The maximum absolute atomic E-state index is 11.1.